The summed E-state index contributed by atoms with van der Waals surface area (Å²) in [6, 6.07) is 4.25. The Morgan fingerprint density at radius 2 is 2.26 bits per heavy atom. The van der Waals surface area contributed by atoms with Gasteiger partial charge in [-0.05, 0) is 18.2 Å². The largest absolute Gasteiger partial charge is 0.481 e. The molecule has 0 amide bonds. The maximum absolute atomic E-state index is 13.8. The molecular weight excluding hydrogens is 293 g/mol. The first kappa shape index (κ1) is 13.8. The van der Waals surface area contributed by atoms with Crippen LogP contribution in [0.25, 0.3) is 11.4 Å². The lowest BCUT2D eigenvalue weighted by Gasteiger charge is -2.04. The van der Waals surface area contributed by atoms with E-state index in [-0.39, 0.29) is 11.3 Å². The van der Waals surface area contributed by atoms with Crippen LogP contribution < -0.4 is 0 Å². The number of aromatic nitrogens is 3. The first-order valence-electron chi connectivity index (χ1n) is 5.18. The van der Waals surface area contributed by atoms with E-state index in [0.717, 1.165) is 11.8 Å². The quantitative estimate of drug-likeness (QED) is 0.879. The van der Waals surface area contributed by atoms with Gasteiger partial charge in [-0.15, -0.1) is 10.2 Å². The van der Waals surface area contributed by atoms with Gasteiger partial charge in [0, 0.05) is 12.1 Å². The molecule has 5 nitrogen and oxygen atoms in total. The first-order chi connectivity index (χ1) is 8.99. The Morgan fingerprint density at radius 3 is 2.89 bits per heavy atom. The van der Waals surface area contributed by atoms with Gasteiger partial charge in [-0.2, -0.15) is 0 Å². The highest BCUT2D eigenvalue weighted by Gasteiger charge is 2.15. The van der Waals surface area contributed by atoms with Crippen LogP contribution in [0.4, 0.5) is 4.39 Å². The summed E-state index contributed by atoms with van der Waals surface area (Å²) in [6.07, 6.45) is 0. The predicted molar refractivity (Wildman–Crippen MR) is 69.8 cm³/mol. The van der Waals surface area contributed by atoms with E-state index in [0.29, 0.717) is 16.0 Å². The summed E-state index contributed by atoms with van der Waals surface area (Å²) in [5.74, 6) is -1.26. The third kappa shape index (κ3) is 3.05. The molecule has 2 aromatic rings. The van der Waals surface area contributed by atoms with E-state index >= 15 is 0 Å². The zero-order chi connectivity index (χ0) is 14.0. The van der Waals surface area contributed by atoms with Crippen molar-refractivity contribution in [2.45, 2.75) is 5.16 Å². The molecule has 0 aliphatic heterocycles. The van der Waals surface area contributed by atoms with Crippen LogP contribution in [-0.2, 0) is 11.8 Å². The number of carboxylic acid groups (broad SMARTS) is 1. The SMILES string of the molecule is Cn1c(SCC(=O)O)nnc1-c1ccc(Cl)cc1F. The molecule has 0 spiro atoms. The second kappa shape index (κ2) is 5.58. The molecule has 1 heterocycles. The van der Waals surface area contributed by atoms with Gasteiger partial charge in [0.05, 0.1) is 11.3 Å². The van der Waals surface area contributed by atoms with Crippen molar-refractivity contribution < 1.29 is 14.3 Å². The van der Waals surface area contributed by atoms with Gasteiger partial charge < -0.3 is 9.67 Å². The fraction of sp³-hybridized carbons (Fsp3) is 0.182. The van der Waals surface area contributed by atoms with Crippen molar-refractivity contribution in [2.75, 3.05) is 5.75 Å². The highest BCUT2D eigenvalue weighted by atomic mass is 35.5. The van der Waals surface area contributed by atoms with Crippen LogP contribution >= 0.6 is 23.4 Å². The van der Waals surface area contributed by atoms with Crippen molar-refractivity contribution in [3.8, 4) is 11.4 Å². The molecule has 2 rings (SSSR count). The number of benzene rings is 1. The van der Waals surface area contributed by atoms with Gasteiger partial charge in [-0.3, -0.25) is 4.79 Å². The third-order valence-corrected chi connectivity index (χ3v) is 3.57. The molecule has 0 saturated heterocycles. The monoisotopic (exact) mass is 301 g/mol. The average molecular weight is 302 g/mol. The second-order valence-corrected chi connectivity index (χ2v) is 5.05. The van der Waals surface area contributed by atoms with E-state index in [2.05, 4.69) is 10.2 Å². The zero-order valence-electron chi connectivity index (χ0n) is 9.80. The van der Waals surface area contributed by atoms with Crippen LogP contribution in [0.1, 0.15) is 0 Å². The lowest BCUT2D eigenvalue weighted by molar-refractivity contribution is -0.133. The molecule has 0 saturated carbocycles. The molecule has 100 valence electrons. The molecule has 1 aromatic heterocycles. The Morgan fingerprint density at radius 1 is 1.53 bits per heavy atom. The van der Waals surface area contributed by atoms with Gasteiger partial charge >= 0.3 is 5.97 Å². The van der Waals surface area contributed by atoms with E-state index in [9.17, 15) is 9.18 Å². The van der Waals surface area contributed by atoms with Crippen LogP contribution in [0.2, 0.25) is 5.02 Å². The molecule has 0 aliphatic carbocycles. The molecule has 1 aromatic carbocycles. The molecule has 1 N–H and O–H groups in total. The van der Waals surface area contributed by atoms with Crippen molar-refractivity contribution in [1.82, 2.24) is 14.8 Å². The van der Waals surface area contributed by atoms with Crippen LogP contribution in [-0.4, -0.2) is 31.6 Å². The lowest BCUT2D eigenvalue weighted by atomic mass is 10.2. The van der Waals surface area contributed by atoms with Crippen molar-refractivity contribution in [1.29, 1.82) is 0 Å². The average Bonchev–Trinajstić information content (AvgIpc) is 2.68. The highest BCUT2D eigenvalue weighted by Crippen LogP contribution is 2.26. The Hall–Kier alpha value is -1.60. The number of hydrogen-bond acceptors (Lipinski definition) is 4. The van der Waals surface area contributed by atoms with Gasteiger partial charge in [0.1, 0.15) is 5.82 Å². The summed E-state index contributed by atoms with van der Waals surface area (Å²) < 4.78 is 15.3. The minimum atomic E-state index is -0.952. The van der Waals surface area contributed by atoms with E-state index in [1.807, 2.05) is 0 Å². The minimum absolute atomic E-state index is 0.130. The Labute approximate surface area is 117 Å². The molecule has 0 aliphatic rings. The first-order valence-corrected chi connectivity index (χ1v) is 6.55. The number of rotatable bonds is 4. The summed E-state index contributed by atoms with van der Waals surface area (Å²) in [6.45, 7) is 0. The third-order valence-electron chi connectivity index (χ3n) is 2.33. The standard InChI is InChI=1S/C11H9ClFN3O2S/c1-16-10(7-3-2-6(12)4-8(7)13)14-15-11(16)19-5-9(17)18/h2-4H,5H2,1H3,(H,17,18). The molecule has 0 fully saturated rings. The van der Waals surface area contributed by atoms with Crippen molar-refractivity contribution in [2.24, 2.45) is 7.05 Å². The lowest BCUT2D eigenvalue weighted by Crippen LogP contribution is -2.01. The number of nitrogens with zero attached hydrogens (tertiary/aromatic N) is 3. The number of aliphatic carboxylic acids is 1. The number of carbonyl (C=O) groups is 1. The molecule has 0 radical (unpaired) electrons. The summed E-state index contributed by atoms with van der Waals surface area (Å²) in [7, 11) is 1.65. The Bertz CT molecular complexity index is 632. The molecule has 19 heavy (non-hydrogen) atoms. The fourth-order valence-electron chi connectivity index (χ4n) is 1.47. The smallest absolute Gasteiger partial charge is 0.313 e. The van der Waals surface area contributed by atoms with Crippen LogP contribution in [0.3, 0.4) is 0 Å². The van der Waals surface area contributed by atoms with Gasteiger partial charge in [-0.25, -0.2) is 4.39 Å². The summed E-state index contributed by atoms with van der Waals surface area (Å²) in [5, 5.41) is 17.0. The van der Waals surface area contributed by atoms with Gasteiger partial charge in [-0.1, -0.05) is 23.4 Å². The predicted octanol–water partition coefficient (Wildman–Crippen LogP) is 2.45. The van der Waals surface area contributed by atoms with Crippen molar-refractivity contribution in [3.63, 3.8) is 0 Å². The maximum Gasteiger partial charge on any atom is 0.313 e. The molecule has 8 heteroatoms. The highest BCUT2D eigenvalue weighted by molar-refractivity contribution is 7.99. The van der Waals surface area contributed by atoms with Crippen LogP contribution in [0, 0.1) is 5.82 Å². The molecular formula is C11H9ClFN3O2S. The van der Waals surface area contributed by atoms with Gasteiger partial charge in [0.15, 0.2) is 11.0 Å². The Kier molecular flexibility index (Phi) is 4.06. The van der Waals surface area contributed by atoms with E-state index < -0.39 is 11.8 Å². The number of carboxylic acids is 1. The summed E-state index contributed by atoms with van der Waals surface area (Å²) in [4.78, 5) is 10.5. The Balaban J connectivity index is 2.33. The summed E-state index contributed by atoms with van der Waals surface area (Å²) in [5.41, 5.74) is 0.265. The van der Waals surface area contributed by atoms with Gasteiger partial charge in [0.2, 0.25) is 0 Å². The van der Waals surface area contributed by atoms with Crippen LogP contribution in [0.15, 0.2) is 23.4 Å². The van der Waals surface area contributed by atoms with Crippen LogP contribution in [0.5, 0.6) is 0 Å². The number of hydrogen-bond donors (Lipinski definition) is 1. The topological polar surface area (TPSA) is 68.0 Å². The van der Waals surface area contributed by atoms with E-state index in [4.69, 9.17) is 16.7 Å². The van der Waals surface area contributed by atoms with Gasteiger partial charge in [0.25, 0.3) is 0 Å². The molecule has 0 unspecified atom stereocenters. The van der Waals surface area contributed by atoms with Crippen molar-refractivity contribution >= 4 is 29.3 Å². The number of thioether (sulfide) groups is 1. The molecule has 0 atom stereocenters. The molecule has 0 bridgehead atoms. The number of halogens is 2. The zero-order valence-corrected chi connectivity index (χ0v) is 11.4. The van der Waals surface area contributed by atoms with E-state index in [1.54, 1.807) is 17.7 Å². The fourth-order valence-corrected chi connectivity index (χ4v) is 2.26. The van der Waals surface area contributed by atoms with Crippen molar-refractivity contribution in [3.05, 3.63) is 29.0 Å². The maximum atomic E-state index is 13.8. The normalized spacial score (nSPS) is 10.7. The minimum Gasteiger partial charge on any atom is -0.481 e. The second-order valence-electron chi connectivity index (χ2n) is 3.67. The summed E-state index contributed by atoms with van der Waals surface area (Å²) >= 11 is 6.70. The van der Waals surface area contributed by atoms with E-state index in [1.165, 1.54) is 12.1 Å².